The second-order valence-electron chi connectivity index (χ2n) is 8.36. The summed E-state index contributed by atoms with van der Waals surface area (Å²) in [7, 11) is 0. The zero-order valence-corrected chi connectivity index (χ0v) is 17.6. The fourth-order valence-electron chi connectivity index (χ4n) is 3.68. The van der Waals surface area contributed by atoms with E-state index in [2.05, 4.69) is 96.3 Å². The molecule has 1 fully saturated rings. The van der Waals surface area contributed by atoms with E-state index in [4.69, 9.17) is 12.2 Å². The molecule has 1 aliphatic rings. The van der Waals surface area contributed by atoms with E-state index >= 15 is 0 Å². The first-order chi connectivity index (χ1) is 13.3. The fourth-order valence-corrected chi connectivity index (χ4v) is 4.03. The summed E-state index contributed by atoms with van der Waals surface area (Å²) in [5, 5.41) is 4.25. The number of hydrogen-bond acceptors (Lipinski definition) is 2. The Balaban J connectivity index is 1.81. The van der Waals surface area contributed by atoms with Gasteiger partial charge in [0.25, 0.3) is 0 Å². The normalized spacial score (nSPS) is 19.7. The Bertz CT molecular complexity index is 970. The van der Waals surface area contributed by atoms with E-state index in [0.717, 1.165) is 16.5 Å². The molecule has 0 amide bonds. The summed E-state index contributed by atoms with van der Waals surface area (Å²) in [6.45, 7) is 8.73. The summed E-state index contributed by atoms with van der Waals surface area (Å²) in [6.07, 6.45) is 6.23. The zero-order valence-electron chi connectivity index (χ0n) is 16.8. The lowest BCUT2D eigenvalue weighted by molar-refractivity contribution is 0.397. The van der Waals surface area contributed by atoms with Crippen LogP contribution in [0.5, 0.6) is 0 Å². The fraction of sp³-hybridized carbons (Fsp3) is 0.304. The van der Waals surface area contributed by atoms with Gasteiger partial charge in [0, 0.05) is 29.8 Å². The SMILES string of the molecule is Cc1ccc(N2C(=S)N[C@H](c3ccccn3)[C@@H]2c2ccn(C(C)(C)C)c2)cc1. The standard InChI is InChI=1S/C23H26N4S/c1-16-8-10-18(11-9-16)27-21(17-12-14-26(15-17)23(2,3)4)20(25-22(27)28)19-7-5-6-13-24-19/h5-15,20-21H,1-4H3,(H,25,28)/t20-,21+/m1/s1. The van der Waals surface area contributed by atoms with E-state index in [1.165, 1.54) is 11.1 Å². The lowest BCUT2D eigenvalue weighted by atomic mass is 9.98. The topological polar surface area (TPSA) is 33.1 Å². The van der Waals surface area contributed by atoms with Crippen LogP contribution >= 0.6 is 12.2 Å². The van der Waals surface area contributed by atoms with Crippen LogP contribution in [0.4, 0.5) is 5.69 Å². The zero-order chi connectivity index (χ0) is 19.9. The molecule has 1 N–H and O–H groups in total. The van der Waals surface area contributed by atoms with Gasteiger partial charge in [-0.3, -0.25) is 4.98 Å². The van der Waals surface area contributed by atoms with Crippen molar-refractivity contribution in [3.8, 4) is 0 Å². The van der Waals surface area contributed by atoms with Gasteiger partial charge in [0.05, 0.1) is 17.8 Å². The van der Waals surface area contributed by atoms with Gasteiger partial charge in [-0.1, -0.05) is 23.8 Å². The van der Waals surface area contributed by atoms with Gasteiger partial charge in [-0.2, -0.15) is 0 Å². The molecule has 1 aliphatic heterocycles. The summed E-state index contributed by atoms with van der Waals surface area (Å²) < 4.78 is 2.26. The molecule has 0 unspecified atom stereocenters. The largest absolute Gasteiger partial charge is 0.351 e. The van der Waals surface area contributed by atoms with E-state index in [-0.39, 0.29) is 17.6 Å². The molecule has 0 spiro atoms. The van der Waals surface area contributed by atoms with Crippen molar-refractivity contribution in [1.82, 2.24) is 14.9 Å². The first-order valence-electron chi connectivity index (χ1n) is 9.60. The number of thiocarbonyl (C=S) groups is 1. The molecule has 4 nitrogen and oxygen atoms in total. The van der Waals surface area contributed by atoms with E-state index in [1.54, 1.807) is 0 Å². The van der Waals surface area contributed by atoms with Gasteiger partial charge in [0.2, 0.25) is 0 Å². The van der Waals surface area contributed by atoms with Crippen LogP contribution in [0, 0.1) is 6.92 Å². The third kappa shape index (κ3) is 3.42. The minimum absolute atomic E-state index is 0.00850. The van der Waals surface area contributed by atoms with Crippen LogP contribution in [0.25, 0.3) is 0 Å². The molecule has 1 saturated heterocycles. The Morgan fingerprint density at radius 1 is 1.04 bits per heavy atom. The van der Waals surface area contributed by atoms with Crippen molar-refractivity contribution in [2.24, 2.45) is 0 Å². The monoisotopic (exact) mass is 390 g/mol. The Morgan fingerprint density at radius 2 is 1.79 bits per heavy atom. The lowest BCUT2D eigenvalue weighted by Crippen LogP contribution is -2.29. The Kier molecular flexibility index (Phi) is 4.71. The van der Waals surface area contributed by atoms with Crippen LogP contribution in [0.1, 0.15) is 49.7 Å². The summed E-state index contributed by atoms with van der Waals surface area (Å²) in [6, 6.07) is 16.8. The first kappa shape index (κ1) is 18.7. The third-order valence-electron chi connectivity index (χ3n) is 5.24. The summed E-state index contributed by atoms with van der Waals surface area (Å²) in [5.41, 5.74) is 4.57. The first-order valence-corrected chi connectivity index (χ1v) is 10.0. The van der Waals surface area contributed by atoms with Crippen molar-refractivity contribution >= 4 is 23.0 Å². The van der Waals surface area contributed by atoms with E-state index in [1.807, 2.05) is 18.3 Å². The smallest absolute Gasteiger partial charge is 0.174 e. The molecule has 2 aromatic heterocycles. The number of anilines is 1. The Hall–Kier alpha value is -2.66. The highest BCUT2D eigenvalue weighted by Gasteiger charge is 2.41. The molecule has 3 heterocycles. The molecule has 5 heteroatoms. The maximum atomic E-state index is 5.77. The molecule has 0 radical (unpaired) electrons. The van der Waals surface area contributed by atoms with E-state index in [0.29, 0.717) is 0 Å². The van der Waals surface area contributed by atoms with Gasteiger partial charge >= 0.3 is 0 Å². The van der Waals surface area contributed by atoms with Gasteiger partial charge in [-0.15, -0.1) is 0 Å². The number of benzene rings is 1. The van der Waals surface area contributed by atoms with Crippen molar-refractivity contribution in [3.63, 3.8) is 0 Å². The van der Waals surface area contributed by atoms with Crippen molar-refractivity contribution in [2.45, 2.75) is 45.3 Å². The van der Waals surface area contributed by atoms with Gasteiger partial charge in [0.1, 0.15) is 0 Å². The molecule has 28 heavy (non-hydrogen) atoms. The number of hydrogen-bond donors (Lipinski definition) is 1. The van der Waals surface area contributed by atoms with Crippen LogP contribution in [-0.2, 0) is 5.54 Å². The summed E-state index contributed by atoms with van der Waals surface area (Å²) in [5.74, 6) is 0. The molecule has 0 bridgehead atoms. The quantitative estimate of drug-likeness (QED) is 0.629. The average molecular weight is 391 g/mol. The predicted molar refractivity (Wildman–Crippen MR) is 119 cm³/mol. The molecular weight excluding hydrogens is 364 g/mol. The number of aromatic nitrogens is 2. The maximum absolute atomic E-state index is 5.77. The van der Waals surface area contributed by atoms with Gasteiger partial charge in [0.15, 0.2) is 5.11 Å². The summed E-state index contributed by atoms with van der Waals surface area (Å²) in [4.78, 5) is 6.83. The number of nitrogens with zero attached hydrogens (tertiary/aromatic N) is 3. The highest BCUT2D eigenvalue weighted by Crippen LogP contribution is 2.41. The number of rotatable bonds is 3. The average Bonchev–Trinajstić information content (AvgIpc) is 3.28. The van der Waals surface area contributed by atoms with Crippen LogP contribution < -0.4 is 10.2 Å². The molecule has 0 saturated carbocycles. The lowest BCUT2D eigenvalue weighted by Gasteiger charge is -2.28. The highest BCUT2D eigenvalue weighted by molar-refractivity contribution is 7.80. The molecule has 4 rings (SSSR count). The van der Waals surface area contributed by atoms with Crippen molar-refractivity contribution in [2.75, 3.05) is 4.90 Å². The number of aryl methyl sites for hydroxylation is 1. The van der Waals surface area contributed by atoms with Crippen molar-refractivity contribution in [1.29, 1.82) is 0 Å². The van der Waals surface area contributed by atoms with Crippen molar-refractivity contribution < 1.29 is 0 Å². The maximum Gasteiger partial charge on any atom is 0.174 e. The molecule has 1 aromatic carbocycles. The second-order valence-corrected chi connectivity index (χ2v) is 8.74. The van der Waals surface area contributed by atoms with E-state index in [9.17, 15) is 0 Å². The van der Waals surface area contributed by atoms with Gasteiger partial charge in [-0.05, 0) is 75.8 Å². The second kappa shape index (κ2) is 7.06. The van der Waals surface area contributed by atoms with Crippen LogP contribution in [0.2, 0.25) is 0 Å². The minimum atomic E-state index is -0.00850. The molecular formula is C23H26N4S. The molecule has 0 aliphatic carbocycles. The molecule has 3 aromatic rings. The number of nitrogens with one attached hydrogen (secondary N) is 1. The third-order valence-corrected chi connectivity index (χ3v) is 5.56. The molecule has 144 valence electrons. The predicted octanol–water partition coefficient (Wildman–Crippen LogP) is 5.12. The highest BCUT2D eigenvalue weighted by atomic mass is 32.1. The van der Waals surface area contributed by atoms with Crippen molar-refractivity contribution in [3.05, 3.63) is 83.9 Å². The van der Waals surface area contributed by atoms with E-state index < -0.39 is 0 Å². The van der Waals surface area contributed by atoms with Crippen LogP contribution in [0.15, 0.2) is 67.1 Å². The van der Waals surface area contributed by atoms with Gasteiger partial charge < -0.3 is 14.8 Å². The van der Waals surface area contributed by atoms with Crippen LogP contribution in [0.3, 0.4) is 0 Å². The van der Waals surface area contributed by atoms with Crippen LogP contribution in [-0.4, -0.2) is 14.7 Å². The molecule has 2 atom stereocenters. The Labute approximate surface area is 172 Å². The number of pyridine rings is 1. The summed E-state index contributed by atoms with van der Waals surface area (Å²) >= 11 is 5.77. The Morgan fingerprint density at radius 3 is 2.39 bits per heavy atom. The van der Waals surface area contributed by atoms with Gasteiger partial charge in [-0.25, -0.2) is 0 Å². The minimum Gasteiger partial charge on any atom is -0.351 e.